The van der Waals surface area contributed by atoms with E-state index in [2.05, 4.69) is 5.32 Å². The molecule has 0 atom stereocenters. The van der Waals surface area contributed by atoms with Crippen molar-refractivity contribution in [3.05, 3.63) is 35.6 Å². The van der Waals surface area contributed by atoms with Crippen LogP contribution < -0.4 is 11.1 Å². The van der Waals surface area contributed by atoms with E-state index in [9.17, 15) is 9.18 Å². The van der Waals surface area contributed by atoms with Gasteiger partial charge in [-0.25, -0.2) is 4.39 Å². The van der Waals surface area contributed by atoms with Crippen molar-refractivity contribution in [1.82, 2.24) is 5.32 Å². The van der Waals surface area contributed by atoms with Gasteiger partial charge in [-0.2, -0.15) is 0 Å². The number of amides is 1. The molecule has 1 fully saturated rings. The molecule has 0 saturated heterocycles. The number of hydrogen-bond donors (Lipinski definition) is 2. The minimum atomic E-state index is -0.675. The zero-order chi connectivity index (χ0) is 13.4. The SMILES string of the molecule is CC(C)(CNC(=O)C1(N)CC1)c1ccccc1F. The number of rotatable bonds is 4. The second kappa shape index (κ2) is 4.35. The van der Waals surface area contributed by atoms with Gasteiger partial charge in [0, 0.05) is 12.0 Å². The second-order valence-electron chi connectivity index (χ2n) is 5.70. The minimum Gasteiger partial charge on any atom is -0.354 e. The van der Waals surface area contributed by atoms with Gasteiger partial charge >= 0.3 is 0 Å². The molecule has 98 valence electrons. The summed E-state index contributed by atoms with van der Waals surface area (Å²) in [5.74, 6) is -0.377. The Bertz CT molecular complexity index is 467. The molecular weight excluding hydrogens is 231 g/mol. The Morgan fingerprint density at radius 3 is 2.61 bits per heavy atom. The molecule has 3 nitrogen and oxygen atoms in total. The molecule has 3 N–H and O–H groups in total. The normalized spacial score (nSPS) is 17.3. The molecule has 0 radical (unpaired) electrons. The van der Waals surface area contributed by atoms with Crippen LogP contribution in [-0.2, 0) is 10.2 Å². The number of carbonyl (C=O) groups excluding carboxylic acids is 1. The Morgan fingerprint density at radius 1 is 1.44 bits per heavy atom. The van der Waals surface area contributed by atoms with Crippen LogP contribution in [0.25, 0.3) is 0 Å². The molecule has 0 aliphatic heterocycles. The third kappa shape index (κ3) is 2.53. The van der Waals surface area contributed by atoms with Crippen molar-refractivity contribution >= 4 is 5.91 Å². The van der Waals surface area contributed by atoms with Crippen molar-refractivity contribution in [2.45, 2.75) is 37.6 Å². The van der Waals surface area contributed by atoms with Gasteiger partial charge in [-0.1, -0.05) is 32.0 Å². The zero-order valence-electron chi connectivity index (χ0n) is 10.8. The maximum absolute atomic E-state index is 13.7. The Balaban J connectivity index is 2.03. The summed E-state index contributed by atoms with van der Waals surface area (Å²) < 4.78 is 13.7. The predicted molar refractivity (Wildman–Crippen MR) is 68.6 cm³/mol. The van der Waals surface area contributed by atoms with Crippen LogP contribution in [0.4, 0.5) is 4.39 Å². The average molecular weight is 250 g/mol. The second-order valence-corrected chi connectivity index (χ2v) is 5.70. The first-order valence-corrected chi connectivity index (χ1v) is 6.17. The lowest BCUT2D eigenvalue weighted by molar-refractivity contribution is -0.123. The lowest BCUT2D eigenvalue weighted by atomic mass is 9.84. The predicted octanol–water partition coefficient (Wildman–Crippen LogP) is 1.71. The van der Waals surface area contributed by atoms with Crippen LogP contribution in [0.5, 0.6) is 0 Å². The fraction of sp³-hybridized carbons (Fsp3) is 0.500. The van der Waals surface area contributed by atoms with Crippen molar-refractivity contribution in [3.63, 3.8) is 0 Å². The van der Waals surface area contributed by atoms with E-state index in [0.717, 1.165) is 12.8 Å². The highest BCUT2D eigenvalue weighted by Crippen LogP contribution is 2.32. The van der Waals surface area contributed by atoms with Crippen LogP contribution >= 0.6 is 0 Å². The van der Waals surface area contributed by atoms with Gasteiger partial charge in [-0.3, -0.25) is 4.79 Å². The van der Waals surface area contributed by atoms with Gasteiger partial charge in [0.25, 0.3) is 0 Å². The molecule has 4 heteroatoms. The van der Waals surface area contributed by atoms with E-state index in [1.54, 1.807) is 18.2 Å². The fourth-order valence-electron chi connectivity index (χ4n) is 1.94. The molecule has 0 spiro atoms. The summed E-state index contributed by atoms with van der Waals surface area (Å²) in [5, 5.41) is 2.82. The highest BCUT2D eigenvalue weighted by Gasteiger charge is 2.46. The molecule has 0 bridgehead atoms. The van der Waals surface area contributed by atoms with Gasteiger partial charge in [-0.05, 0) is 24.5 Å². The van der Waals surface area contributed by atoms with Crippen molar-refractivity contribution in [1.29, 1.82) is 0 Å². The van der Waals surface area contributed by atoms with Crippen molar-refractivity contribution in [2.75, 3.05) is 6.54 Å². The smallest absolute Gasteiger partial charge is 0.240 e. The van der Waals surface area contributed by atoms with E-state index >= 15 is 0 Å². The Kier molecular flexibility index (Phi) is 3.15. The highest BCUT2D eigenvalue weighted by molar-refractivity contribution is 5.89. The largest absolute Gasteiger partial charge is 0.354 e. The summed E-state index contributed by atoms with van der Waals surface area (Å²) in [5.41, 5.74) is 5.28. The van der Waals surface area contributed by atoms with E-state index in [4.69, 9.17) is 5.73 Å². The monoisotopic (exact) mass is 250 g/mol. The first-order valence-electron chi connectivity index (χ1n) is 6.17. The lowest BCUT2D eigenvalue weighted by Crippen LogP contribution is -2.46. The van der Waals surface area contributed by atoms with E-state index < -0.39 is 11.0 Å². The number of benzene rings is 1. The first kappa shape index (κ1) is 13.0. The van der Waals surface area contributed by atoms with Gasteiger partial charge in [-0.15, -0.1) is 0 Å². The van der Waals surface area contributed by atoms with Crippen LogP contribution in [0, 0.1) is 5.82 Å². The van der Waals surface area contributed by atoms with Crippen LogP contribution in [0.1, 0.15) is 32.3 Å². The quantitative estimate of drug-likeness (QED) is 0.854. The van der Waals surface area contributed by atoms with Gasteiger partial charge in [0.1, 0.15) is 5.82 Å². The van der Waals surface area contributed by atoms with Crippen LogP contribution in [0.3, 0.4) is 0 Å². The molecule has 0 aromatic heterocycles. The number of halogens is 1. The number of nitrogens with one attached hydrogen (secondary N) is 1. The number of nitrogens with two attached hydrogens (primary N) is 1. The molecule has 0 heterocycles. The number of hydrogen-bond acceptors (Lipinski definition) is 2. The topological polar surface area (TPSA) is 55.1 Å². The van der Waals surface area contributed by atoms with Gasteiger partial charge in [0.05, 0.1) is 5.54 Å². The molecule has 1 aliphatic carbocycles. The molecule has 1 amide bonds. The molecule has 1 aromatic rings. The Labute approximate surface area is 107 Å². The summed E-state index contributed by atoms with van der Waals surface area (Å²) in [6.45, 7) is 4.19. The lowest BCUT2D eigenvalue weighted by Gasteiger charge is -2.26. The summed E-state index contributed by atoms with van der Waals surface area (Å²) in [6, 6.07) is 6.64. The number of carbonyl (C=O) groups is 1. The van der Waals surface area contributed by atoms with E-state index in [-0.39, 0.29) is 11.7 Å². The van der Waals surface area contributed by atoms with Crippen molar-refractivity contribution < 1.29 is 9.18 Å². The molecule has 18 heavy (non-hydrogen) atoms. The van der Waals surface area contributed by atoms with Gasteiger partial charge < -0.3 is 11.1 Å². The molecule has 0 unspecified atom stereocenters. The van der Waals surface area contributed by atoms with Gasteiger partial charge in [0.15, 0.2) is 0 Å². The third-order valence-electron chi connectivity index (χ3n) is 3.53. The van der Waals surface area contributed by atoms with E-state index in [1.165, 1.54) is 6.07 Å². The minimum absolute atomic E-state index is 0.132. The first-order chi connectivity index (χ1) is 8.35. The highest BCUT2D eigenvalue weighted by atomic mass is 19.1. The third-order valence-corrected chi connectivity index (χ3v) is 3.53. The zero-order valence-corrected chi connectivity index (χ0v) is 10.8. The van der Waals surface area contributed by atoms with Crippen LogP contribution in [0.15, 0.2) is 24.3 Å². The van der Waals surface area contributed by atoms with Crippen LogP contribution in [-0.4, -0.2) is 18.0 Å². The molecule has 1 aromatic carbocycles. The summed E-state index contributed by atoms with van der Waals surface area (Å²) in [4.78, 5) is 11.8. The average Bonchev–Trinajstić information content (AvgIpc) is 3.06. The standard InChI is InChI=1S/C14H19FN2O/c1-13(2,10-5-3-4-6-11(10)15)9-17-12(18)14(16)7-8-14/h3-6H,7-9,16H2,1-2H3,(H,17,18). The summed E-state index contributed by atoms with van der Waals surface area (Å²) >= 11 is 0. The summed E-state index contributed by atoms with van der Waals surface area (Å²) in [6.07, 6.45) is 1.47. The molecular formula is C14H19FN2O. The molecule has 2 rings (SSSR count). The molecule has 1 aliphatic rings. The fourth-order valence-corrected chi connectivity index (χ4v) is 1.94. The van der Waals surface area contributed by atoms with Crippen molar-refractivity contribution in [2.24, 2.45) is 5.73 Å². The summed E-state index contributed by atoms with van der Waals surface area (Å²) in [7, 11) is 0. The molecule has 1 saturated carbocycles. The maximum Gasteiger partial charge on any atom is 0.240 e. The Morgan fingerprint density at radius 2 is 2.06 bits per heavy atom. The van der Waals surface area contributed by atoms with E-state index in [0.29, 0.717) is 12.1 Å². The van der Waals surface area contributed by atoms with Crippen LogP contribution in [0.2, 0.25) is 0 Å². The van der Waals surface area contributed by atoms with Crippen molar-refractivity contribution in [3.8, 4) is 0 Å². The van der Waals surface area contributed by atoms with E-state index in [1.807, 2.05) is 13.8 Å². The Hall–Kier alpha value is -1.42. The van der Waals surface area contributed by atoms with Gasteiger partial charge in [0.2, 0.25) is 5.91 Å². The maximum atomic E-state index is 13.7.